The van der Waals surface area contributed by atoms with Gasteiger partial charge in [-0.1, -0.05) is 52.7 Å². The van der Waals surface area contributed by atoms with Crippen molar-refractivity contribution in [2.24, 2.45) is 0 Å². The zero-order valence-corrected chi connectivity index (χ0v) is 22.9. The molecule has 4 heteroatoms. The third kappa shape index (κ3) is 15.0. The Labute approximate surface area is 213 Å². The van der Waals surface area contributed by atoms with E-state index in [9.17, 15) is 9.59 Å². The van der Waals surface area contributed by atoms with E-state index in [0.29, 0.717) is 6.42 Å². The average Bonchev–Trinajstić information content (AvgIpc) is 3.33. The molecule has 0 aliphatic carbocycles. The largest absolute Gasteiger partial charge is 0.300 e. The van der Waals surface area contributed by atoms with Gasteiger partial charge < -0.3 is 4.79 Å². The molecule has 0 radical (unpaired) electrons. The van der Waals surface area contributed by atoms with Gasteiger partial charge in [0.15, 0.2) is 0 Å². The molecule has 0 atom stereocenters. The van der Waals surface area contributed by atoms with Crippen LogP contribution in [0.5, 0.6) is 0 Å². The molecule has 1 aromatic rings. The fraction of sp³-hybridized carbons (Fsp3) is 0.516. The SMILES string of the molecule is CC(=O)CCC=C(C)CCC=C(C)CCC=C(C)CCC=C(C)CCC=C(C)C(=O)n1ccnc1. The Balaban J connectivity index is 2.26. The molecule has 0 aliphatic rings. The van der Waals surface area contributed by atoms with Crippen LogP contribution in [0.25, 0.3) is 0 Å². The van der Waals surface area contributed by atoms with Crippen LogP contribution in [0.4, 0.5) is 0 Å². The molecule has 0 aromatic carbocycles. The van der Waals surface area contributed by atoms with Gasteiger partial charge in [0.05, 0.1) is 0 Å². The molecule has 0 aliphatic heterocycles. The molecule has 0 spiro atoms. The summed E-state index contributed by atoms with van der Waals surface area (Å²) in [6.45, 7) is 12.3. The summed E-state index contributed by atoms with van der Waals surface area (Å²) in [6.07, 6.45) is 26.0. The van der Waals surface area contributed by atoms with Crippen molar-refractivity contribution >= 4 is 11.7 Å². The fourth-order valence-electron chi connectivity index (χ4n) is 3.76. The Morgan fingerprint density at radius 3 is 1.40 bits per heavy atom. The first-order valence-corrected chi connectivity index (χ1v) is 13.0. The number of aromatic nitrogens is 2. The van der Waals surface area contributed by atoms with Crippen molar-refractivity contribution in [1.82, 2.24) is 9.55 Å². The highest BCUT2D eigenvalue weighted by atomic mass is 16.2. The molecule has 1 heterocycles. The van der Waals surface area contributed by atoms with Gasteiger partial charge in [0, 0.05) is 24.4 Å². The van der Waals surface area contributed by atoms with Crippen molar-refractivity contribution in [1.29, 1.82) is 0 Å². The Kier molecular flexibility index (Phi) is 15.3. The number of rotatable bonds is 16. The van der Waals surface area contributed by atoms with E-state index in [0.717, 1.165) is 63.4 Å². The highest BCUT2D eigenvalue weighted by Crippen LogP contribution is 2.15. The van der Waals surface area contributed by atoms with Crippen LogP contribution in [-0.4, -0.2) is 21.2 Å². The number of allylic oxidation sites excluding steroid dienone is 10. The standard InChI is InChI=1S/C31H46N2O2/c1-25(12-7-13-26(2)15-9-17-28(4)19-11-21-30(6)34)14-8-16-27(3)18-10-20-29(5)31(35)33-23-22-32-24-33/h12,15-16,19-20,22-24H,7-11,13-14,17-18,21H2,1-6H3. The number of nitrogens with zero attached hydrogens (tertiary/aromatic N) is 2. The Hall–Kier alpha value is -2.75. The molecule has 4 nitrogen and oxygen atoms in total. The summed E-state index contributed by atoms with van der Waals surface area (Å²) in [6, 6.07) is 0. The van der Waals surface area contributed by atoms with Crippen molar-refractivity contribution in [2.45, 2.75) is 106 Å². The van der Waals surface area contributed by atoms with Crippen LogP contribution in [0.3, 0.4) is 0 Å². The molecule has 1 aromatic heterocycles. The van der Waals surface area contributed by atoms with Crippen molar-refractivity contribution in [3.63, 3.8) is 0 Å². The molecular weight excluding hydrogens is 432 g/mol. The predicted molar refractivity (Wildman–Crippen MR) is 148 cm³/mol. The quantitative estimate of drug-likeness (QED) is 0.176. The average molecular weight is 479 g/mol. The summed E-state index contributed by atoms with van der Waals surface area (Å²) in [5, 5.41) is 0. The lowest BCUT2D eigenvalue weighted by atomic mass is 10.0. The Morgan fingerprint density at radius 1 is 0.629 bits per heavy atom. The molecule has 0 fully saturated rings. The predicted octanol–water partition coefficient (Wildman–Crippen LogP) is 8.74. The first-order chi connectivity index (χ1) is 16.7. The first-order valence-electron chi connectivity index (χ1n) is 13.0. The number of Topliss-reactive ketones (excluding diaryl/α,β-unsaturated/α-hetero) is 1. The van der Waals surface area contributed by atoms with E-state index < -0.39 is 0 Å². The van der Waals surface area contributed by atoms with Gasteiger partial charge in [0.1, 0.15) is 12.1 Å². The molecular formula is C31H46N2O2. The summed E-state index contributed by atoms with van der Waals surface area (Å²) in [4.78, 5) is 27.1. The minimum atomic E-state index is -0.0110. The number of ketones is 1. The van der Waals surface area contributed by atoms with Gasteiger partial charge in [-0.3, -0.25) is 9.36 Å². The number of carbonyl (C=O) groups is 2. The molecule has 35 heavy (non-hydrogen) atoms. The number of carbonyl (C=O) groups excluding carboxylic acids is 2. The van der Waals surface area contributed by atoms with Crippen LogP contribution >= 0.6 is 0 Å². The minimum absolute atomic E-state index is 0.0110. The van der Waals surface area contributed by atoms with Crippen LogP contribution in [0, 0.1) is 0 Å². The van der Waals surface area contributed by atoms with Gasteiger partial charge in [-0.2, -0.15) is 0 Å². The summed E-state index contributed by atoms with van der Waals surface area (Å²) < 4.78 is 1.51. The molecule has 0 amide bonds. The zero-order chi connectivity index (χ0) is 26.1. The molecule has 0 bridgehead atoms. The summed E-state index contributed by atoms with van der Waals surface area (Å²) in [5.74, 6) is 0.252. The summed E-state index contributed by atoms with van der Waals surface area (Å²) in [5.41, 5.74) is 6.42. The van der Waals surface area contributed by atoms with E-state index in [1.54, 1.807) is 25.6 Å². The van der Waals surface area contributed by atoms with Gasteiger partial charge in [-0.05, 0) is 99.3 Å². The first kappa shape index (κ1) is 30.3. The van der Waals surface area contributed by atoms with E-state index >= 15 is 0 Å². The topological polar surface area (TPSA) is 52.0 Å². The van der Waals surface area contributed by atoms with Gasteiger partial charge in [-0.15, -0.1) is 0 Å². The van der Waals surface area contributed by atoms with Crippen molar-refractivity contribution in [3.05, 3.63) is 77.0 Å². The lowest BCUT2D eigenvalue weighted by Crippen LogP contribution is -2.09. The van der Waals surface area contributed by atoms with Crippen molar-refractivity contribution in [2.75, 3.05) is 0 Å². The molecule has 0 unspecified atom stereocenters. The van der Waals surface area contributed by atoms with Gasteiger partial charge >= 0.3 is 0 Å². The number of imidazole rings is 1. The number of hydrogen-bond donors (Lipinski definition) is 0. The lowest BCUT2D eigenvalue weighted by Gasteiger charge is -2.04. The maximum atomic E-state index is 12.2. The molecule has 0 saturated heterocycles. The lowest BCUT2D eigenvalue weighted by molar-refractivity contribution is -0.116. The highest BCUT2D eigenvalue weighted by Gasteiger charge is 2.05. The Morgan fingerprint density at radius 2 is 1.03 bits per heavy atom. The second kappa shape index (κ2) is 17.7. The van der Waals surface area contributed by atoms with Gasteiger partial charge in [0.25, 0.3) is 5.91 Å². The van der Waals surface area contributed by atoms with E-state index in [4.69, 9.17) is 0 Å². The molecule has 0 saturated carbocycles. The van der Waals surface area contributed by atoms with Crippen molar-refractivity contribution in [3.8, 4) is 0 Å². The molecule has 1 rings (SSSR count). The molecule has 0 N–H and O–H groups in total. The van der Waals surface area contributed by atoms with Gasteiger partial charge in [0.2, 0.25) is 0 Å². The van der Waals surface area contributed by atoms with E-state index in [2.05, 4.69) is 57.0 Å². The van der Waals surface area contributed by atoms with Crippen LogP contribution in [-0.2, 0) is 4.79 Å². The number of hydrogen-bond acceptors (Lipinski definition) is 3. The second-order valence-electron chi connectivity index (χ2n) is 9.76. The smallest absolute Gasteiger partial charge is 0.258 e. The summed E-state index contributed by atoms with van der Waals surface area (Å²) >= 11 is 0. The van der Waals surface area contributed by atoms with E-state index in [1.807, 2.05) is 13.0 Å². The van der Waals surface area contributed by atoms with Crippen LogP contribution in [0.1, 0.15) is 111 Å². The fourth-order valence-corrected chi connectivity index (χ4v) is 3.76. The highest BCUT2D eigenvalue weighted by molar-refractivity contribution is 5.94. The molecule has 192 valence electrons. The van der Waals surface area contributed by atoms with Gasteiger partial charge in [-0.25, -0.2) is 4.98 Å². The normalized spacial score (nSPS) is 13.9. The van der Waals surface area contributed by atoms with Crippen LogP contribution in [0.2, 0.25) is 0 Å². The van der Waals surface area contributed by atoms with E-state index in [-0.39, 0.29) is 11.7 Å². The monoisotopic (exact) mass is 478 g/mol. The zero-order valence-electron chi connectivity index (χ0n) is 22.9. The van der Waals surface area contributed by atoms with Crippen LogP contribution < -0.4 is 0 Å². The minimum Gasteiger partial charge on any atom is -0.300 e. The second-order valence-corrected chi connectivity index (χ2v) is 9.76. The third-order valence-corrected chi connectivity index (χ3v) is 6.15. The van der Waals surface area contributed by atoms with Crippen molar-refractivity contribution < 1.29 is 9.59 Å². The Bertz CT molecular complexity index is 941. The third-order valence-electron chi connectivity index (χ3n) is 6.15. The van der Waals surface area contributed by atoms with Crippen LogP contribution in [0.15, 0.2) is 77.0 Å². The van der Waals surface area contributed by atoms with E-state index in [1.165, 1.54) is 26.9 Å². The maximum Gasteiger partial charge on any atom is 0.258 e. The summed E-state index contributed by atoms with van der Waals surface area (Å²) in [7, 11) is 0. The maximum absolute atomic E-state index is 12.2.